The molecule has 2 N–H and O–H groups in total. The van der Waals surface area contributed by atoms with Crippen LogP contribution in [0.25, 0.3) is 0 Å². The van der Waals surface area contributed by atoms with E-state index in [-0.39, 0.29) is 11.9 Å². The monoisotopic (exact) mass is 474 g/mol. The van der Waals surface area contributed by atoms with Gasteiger partial charge in [0.2, 0.25) is 5.95 Å². The van der Waals surface area contributed by atoms with E-state index in [2.05, 4.69) is 59.5 Å². The molecular formula is C30H39FN4. The zero-order valence-electron chi connectivity index (χ0n) is 21.2. The Morgan fingerprint density at radius 3 is 2.66 bits per heavy atom. The lowest BCUT2D eigenvalue weighted by molar-refractivity contribution is 0.339. The van der Waals surface area contributed by atoms with Gasteiger partial charge in [0.1, 0.15) is 0 Å². The van der Waals surface area contributed by atoms with Crippen molar-refractivity contribution in [3.8, 4) is 0 Å². The minimum Gasteiger partial charge on any atom is -0.383 e. The molecule has 0 amide bonds. The summed E-state index contributed by atoms with van der Waals surface area (Å²) in [5.74, 6) is -0.133. The molecule has 0 aliphatic carbocycles. The number of pyridine rings is 1. The van der Waals surface area contributed by atoms with Crippen molar-refractivity contribution in [2.45, 2.75) is 45.1 Å². The molecule has 0 saturated carbocycles. The van der Waals surface area contributed by atoms with Crippen LogP contribution in [0, 0.1) is 5.95 Å². The number of nitrogens with one attached hydrogen (secondary N) is 2. The van der Waals surface area contributed by atoms with E-state index in [0.717, 1.165) is 48.5 Å². The SMILES string of the molecule is C=C/C=C(\C=C)CNC(=C)C1CCCN1C(=C)CC1=CNC(=C)C=C1.CC(C)c1cccnc1F. The van der Waals surface area contributed by atoms with E-state index >= 15 is 0 Å². The third-order valence-electron chi connectivity index (χ3n) is 5.93. The van der Waals surface area contributed by atoms with Gasteiger partial charge in [0.15, 0.2) is 0 Å². The standard InChI is InChI=1S/C22H29N3.C8H10FN/c1-6-9-20(7-2)15-24-19(5)22-10-8-13-25(22)18(4)14-21-12-11-17(3)23-16-21;1-6(2)7-4-3-5-10-8(7)9/h6-7,9,11-12,16,22-24H,1-5,8,10,13-15H2;3-6H,1-2H3/b20-9+;. The molecule has 1 fully saturated rings. The molecule has 1 atom stereocenters. The molecule has 0 radical (unpaired) electrons. The van der Waals surface area contributed by atoms with Crippen molar-refractivity contribution in [3.63, 3.8) is 0 Å². The van der Waals surface area contributed by atoms with Gasteiger partial charge in [-0.05, 0) is 42.0 Å². The second-order valence-corrected chi connectivity index (χ2v) is 8.91. The fourth-order valence-corrected chi connectivity index (χ4v) is 3.96. The van der Waals surface area contributed by atoms with Gasteiger partial charge in [-0.15, -0.1) is 0 Å². The fourth-order valence-electron chi connectivity index (χ4n) is 3.96. The first-order valence-corrected chi connectivity index (χ1v) is 12.0. The molecule has 2 aliphatic heterocycles. The Morgan fingerprint density at radius 2 is 2.09 bits per heavy atom. The van der Waals surface area contributed by atoms with Crippen LogP contribution in [0.3, 0.4) is 0 Å². The minimum absolute atomic E-state index is 0.216. The second kappa shape index (κ2) is 14.0. The van der Waals surface area contributed by atoms with Crippen LogP contribution in [0.4, 0.5) is 4.39 Å². The Labute approximate surface area is 210 Å². The topological polar surface area (TPSA) is 40.2 Å². The quantitative estimate of drug-likeness (QED) is 0.294. The van der Waals surface area contributed by atoms with Gasteiger partial charge >= 0.3 is 0 Å². The number of dihydropyridines is 1. The zero-order valence-corrected chi connectivity index (χ0v) is 21.2. The molecule has 1 saturated heterocycles. The lowest BCUT2D eigenvalue weighted by Crippen LogP contribution is -2.35. The van der Waals surface area contributed by atoms with Gasteiger partial charge in [-0.2, -0.15) is 4.39 Å². The summed E-state index contributed by atoms with van der Waals surface area (Å²) in [5.41, 5.74) is 6.07. The van der Waals surface area contributed by atoms with Gasteiger partial charge in [-0.1, -0.05) is 77.1 Å². The summed E-state index contributed by atoms with van der Waals surface area (Å²) in [5, 5.41) is 6.59. The molecule has 1 aromatic heterocycles. The summed E-state index contributed by atoms with van der Waals surface area (Å²) in [6.07, 6.45) is 16.2. The van der Waals surface area contributed by atoms with Crippen LogP contribution in [-0.4, -0.2) is 29.0 Å². The summed E-state index contributed by atoms with van der Waals surface area (Å²) >= 11 is 0. The summed E-state index contributed by atoms with van der Waals surface area (Å²) in [6.45, 7) is 25.7. The van der Waals surface area contributed by atoms with Gasteiger partial charge in [0.25, 0.3) is 0 Å². The second-order valence-electron chi connectivity index (χ2n) is 8.91. The lowest BCUT2D eigenvalue weighted by Gasteiger charge is -2.31. The molecule has 4 nitrogen and oxygen atoms in total. The third-order valence-corrected chi connectivity index (χ3v) is 5.93. The highest BCUT2D eigenvalue weighted by Gasteiger charge is 2.27. The average Bonchev–Trinajstić information content (AvgIpc) is 3.34. The first-order chi connectivity index (χ1) is 16.8. The molecule has 35 heavy (non-hydrogen) atoms. The van der Waals surface area contributed by atoms with Crippen LogP contribution in [0.1, 0.15) is 44.6 Å². The van der Waals surface area contributed by atoms with Crippen molar-refractivity contribution in [1.29, 1.82) is 0 Å². The molecule has 3 heterocycles. The van der Waals surface area contributed by atoms with Crippen molar-refractivity contribution in [1.82, 2.24) is 20.5 Å². The van der Waals surface area contributed by atoms with Crippen LogP contribution < -0.4 is 10.6 Å². The molecule has 3 rings (SSSR count). The van der Waals surface area contributed by atoms with Crippen LogP contribution in [0.15, 0.2) is 116 Å². The number of rotatable bonds is 10. The Kier molecular flexibility index (Phi) is 11.0. The highest BCUT2D eigenvalue weighted by molar-refractivity contribution is 5.34. The van der Waals surface area contributed by atoms with E-state index in [1.165, 1.54) is 11.8 Å². The van der Waals surface area contributed by atoms with Crippen molar-refractivity contribution in [2.75, 3.05) is 13.1 Å². The van der Waals surface area contributed by atoms with Crippen molar-refractivity contribution in [2.24, 2.45) is 0 Å². The number of allylic oxidation sites excluding steroid dienone is 5. The van der Waals surface area contributed by atoms with Gasteiger partial charge in [0.05, 0.1) is 6.04 Å². The molecule has 1 unspecified atom stereocenters. The van der Waals surface area contributed by atoms with Crippen LogP contribution in [-0.2, 0) is 0 Å². The van der Waals surface area contributed by atoms with Gasteiger partial charge < -0.3 is 15.5 Å². The fraction of sp³-hybridized carbons (Fsp3) is 0.300. The Balaban J connectivity index is 0.000000360. The number of likely N-dealkylation sites (tertiary alicyclic amines) is 1. The van der Waals surface area contributed by atoms with Crippen LogP contribution in [0.5, 0.6) is 0 Å². The third kappa shape index (κ3) is 8.60. The Bertz CT molecular complexity index is 1030. The van der Waals surface area contributed by atoms with Crippen LogP contribution in [0.2, 0.25) is 0 Å². The maximum Gasteiger partial charge on any atom is 0.216 e. The summed E-state index contributed by atoms with van der Waals surface area (Å²) in [6, 6.07) is 3.80. The molecule has 5 heteroatoms. The first-order valence-electron chi connectivity index (χ1n) is 12.0. The Morgan fingerprint density at radius 1 is 1.31 bits per heavy atom. The lowest BCUT2D eigenvalue weighted by atomic mass is 10.1. The largest absolute Gasteiger partial charge is 0.383 e. The molecule has 0 bridgehead atoms. The molecule has 1 aromatic rings. The van der Waals surface area contributed by atoms with Gasteiger partial charge in [0, 0.05) is 54.6 Å². The minimum atomic E-state index is -0.350. The number of hydrogen-bond acceptors (Lipinski definition) is 4. The predicted molar refractivity (Wildman–Crippen MR) is 147 cm³/mol. The average molecular weight is 475 g/mol. The number of hydrogen-bond donors (Lipinski definition) is 2. The van der Waals surface area contributed by atoms with Gasteiger partial charge in [-0.3, -0.25) is 0 Å². The van der Waals surface area contributed by atoms with Crippen molar-refractivity contribution in [3.05, 3.63) is 128 Å². The zero-order chi connectivity index (χ0) is 25.8. The highest BCUT2D eigenvalue weighted by atomic mass is 19.1. The maximum absolute atomic E-state index is 12.7. The summed E-state index contributed by atoms with van der Waals surface area (Å²) in [4.78, 5) is 5.91. The molecule has 186 valence electrons. The van der Waals surface area contributed by atoms with E-state index in [1.54, 1.807) is 18.2 Å². The van der Waals surface area contributed by atoms with Crippen molar-refractivity contribution < 1.29 is 4.39 Å². The van der Waals surface area contributed by atoms with Crippen molar-refractivity contribution >= 4 is 0 Å². The first kappa shape index (κ1) is 27.6. The molecule has 0 aromatic carbocycles. The Hall–Kier alpha value is -3.60. The normalized spacial score (nSPS) is 17.2. The molecular weight excluding hydrogens is 435 g/mol. The van der Waals surface area contributed by atoms with Gasteiger partial charge in [-0.25, -0.2) is 4.98 Å². The van der Waals surface area contributed by atoms with E-state index in [4.69, 9.17) is 0 Å². The summed E-state index contributed by atoms with van der Waals surface area (Å²) in [7, 11) is 0. The number of halogens is 1. The van der Waals surface area contributed by atoms with E-state index < -0.39 is 0 Å². The molecule has 0 spiro atoms. The number of aromatic nitrogens is 1. The van der Waals surface area contributed by atoms with E-state index in [9.17, 15) is 4.39 Å². The number of nitrogens with zero attached hydrogens (tertiary/aromatic N) is 2. The smallest absolute Gasteiger partial charge is 0.216 e. The highest BCUT2D eigenvalue weighted by Crippen LogP contribution is 2.28. The summed E-state index contributed by atoms with van der Waals surface area (Å²) < 4.78 is 12.7. The van der Waals surface area contributed by atoms with E-state index in [0.29, 0.717) is 18.2 Å². The molecule has 2 aliphatic rings. The van der Waals surface area contributed by atoms with Crippen LogP contribution >= 0.6 is 0 Å². The van der Waals surface area contributed by atoms with E-state index in [1.807, 2.05) is 38.3 Å². The predicted octanol–water partition coefficient (Wildman–Crippen LogP) is 6.66. The maximum atomic E-state index is 12.7.